The smallest absolute Gasteiger partial charge is 0.335 e. The number of nitro groups is 1. The number of hydrogen-bond donors (Lipinski definition) is 1. The van der Waals surface area contributed by atoms with E-state index in [9.17, 15) is 20.2 Å². The van der Waals surface area contributed by atoms with E-state index in [2.05, 4.69) is 0 Å². The molecule has 0 aliphatic rings. The molecule has 7 nitrogen and oxygen atoms in total. The minimum atomic E-state index is -1.01. The second kappa shape index (κ2) is 7.60. The second-order valence-electron chi connectivity index (χ2n) is 6.01. The lowest BCUT2D eigenvalue weighted by Gasteiger charge is -2.04. The van der Waals surface area contributed by atoms with E-state index in [1.165, 1.54) is 30.3 Å². The molecule has 0 atom stereocenters. The highest BCUT2D eigenvalue weighted by atomic mass is 16.6. The summed E-state index contributed by atoms with van der Waals surface area (Å²) >= 11 is 0. The van der Waals surface area contributed by atoms with Gasteiger partial charge in [-0.3, -0.25) is 10.1 Å². The third-order valence-electron chi connectivity index (χ3n) is 4.14. The highest BCUT2D eigenvalue weighted by Gasteiger charge is 2.12. The molecule has 0 unspecified atom stereocenters. The van der Waals surface area contributed by atoms with Gasteiger partial charge >= 0.3 is 5.97 Å². The molecule has 0 aliphatic heterocycles. The van der Waals surface area contributed by atoms with Crippen LogP contribution in [0.15, 0.2) is 59.0 Å². The molecule has 0 aliphatic carbocycles. The SMILES string of the molecule is Cc1cc(C(=O)O)ccc1-c1ccc(/C=C(/C#N)c2cccc([N+](=O)[O-])c2)o1. The quantitative estimate of drug-likeness (QED) is 0.384. The van der Waals surface area contributed by atoms with Gasteiger partial charge in [0.15, 0.2) is 0 Å². The van der Waals surface area contributed by atoms with Crippen LogP contribution < -0.4 is 0 Å². The van der Waals surface area contributed by atoms with E-state index >= 15 is 0 Å². The molecule has 28 heavy (non-hydrogen) atoms. The van der Waals surface area contributed by atoms with Gasteiger partial charge in [-0.05, 0) is 48.4 Å². The van der Waals surface area contributed by atoms with E-state index < -0.39 is 10.9 Å². The fourth-order valence-corrected chi connectivity index (χ4v) is 2.76. The Bertz CT molecular complexity index is 1150. The molecule has 0 radical (unpaired) electrons. The van der Waals surface area contributed by atoms with E-state index in [4.69, 9.17) is 9.52 Å². The van der Waals surface area contributed by atoms with Crippen LogP contribution in [0.1, 0.15) is 27.2 Å². The molecule has 0 amide bonds. The van der Waals surface area contributed by atoms with Gasteiger partial charge in [0.1, 0.15) is 11.5 Å². The van der Waals surface area contributed by atoms with Crippen LogP contribution in [-0.4, -0.2) is 16.0 Å². The topological polar surface area (TPSA) is 117 Å². The van der Waals surface area contributed by atoms with Crippen LogP contribution in [0.4, 0.5) is 5.69 Å². The molecule has 0 fully saturated rings. The van der Waals surface area contributed by atoms with Crippen molar-refractivity contribution in [1.29, 1.82) is 5.26 Å². The molecular weight excluding hydrogens is 360 g/mol. The van der Waals surface area contributed by atoms with Crippen molar-refractivity contribution in [2.45, 2.75) is 6.92 Å². The lowest BCUT2D eigenvalue weighted by molar-refractivity contribution is -0.384. The first-order valence-corrected chi connectivity index (χ1v) is 8.20. The maximum atomic E-state index is 11.1. The maximum absolute atomic E-state index is 11.1. The lowest BCUT2D eigenvalue weighted by atomic mass is 10.0. The lowest BCUT2D eigenvalue weighted by Crippen LogP contribution is -1.96. The number of benzene rings is 2. The monoisotopic (exact) mass is 374 g/mol. The molecule has 0 saturated heterocycles. The fraction of sp³-hybridized carbons (Fsp3) is 0.0476. The molecule has 1 aromatic heterocycles. The van der Waals surface area contributed by atoms with Crippen molar-refractivity contribution in [3.63, 3.8) is 0 Å². The first-order chi connectivity index (χ1) is 13.4. The highest BCUT2D eigenvalue weighted by molar-refractivity contribution is 5.90. The van der Waals surface area contributed by atoms with Crippen LogP contribution in [0.5, 0.6) is 0 Å². The number of rotatable bonds is 5. The molecule has 1 heterocycles. The Morgan fingerprint density at radius 1 is 1.18 bits per heavy atom. The van der Waals surface area contributed by atoms with Crippen molar-refractivity contribution in [2.24, 2.45) is 0 Å². The number of carboxylic acids is 1. The average molecular weight is 374 g/mol. The van der Waals surface area contributed by atoms with Crippen molar-refractivity contribution >= 4 is 23.3 Å². The molecule has 7 heteroatoms. The Balaban J connectivity index is 1.95. The number of hydrogen-bond acceptors (Lipinski definition) is 5. The second-order valence-corrected chi connectivity index (χ2v) is 6.01. The minimum absolute atomic E-state index is 0.104. The minimum Gasteiger partial charge on any atom is -0.478 e. The summed E-state index contributed by atoms with van der Waals surface area (Å²) in [6, 6.07) is 15.9. The number of nitro benzene ring substituents is 1. The Morgan fingerprint density at radius 2 is 1.96 bits per heavy atom. The molecule has 0 saturated carbocycles. The van der Waals surface area contributed by atoms with E-state index in [-0.39, 0.29) is 16.8 Å². The zero-order valence-corrected chi connectivity index (χ0v) is 14.7. The zero-order valence-electron chi connectivity index (χ0n) is 14.7. The largest absolute Gasteiger partial charge is 0.478 e. The molecular formula is C21H14N2O5. The molecule has 0 bridgehead atoms. The zero-order chi connectivity index (χ0) is 20.3. The van der Waals surface area contributed by atoms with Gasteiger partial charge in [-0.1, -0.05) is 18.2 Å². The van der Waals surface area contributed by atoms with Crippen molar-refractivity contribution in [3.05, 3.63) is 87.2 Å². The first kappa shape index (κ1) is 18.6. The van der Waals surface area contributed by atoms with Gasteiger partial charge in [-0.2, -0.15) is 5.26 Å². The summed E-state index contributed by atoms with van der Waals surface area (Å²) in [5.41, 5.74) is 2.19. The number of allylic oxidation sites excluding steroid dienone is 1. The number of aryl methyl sites for hydroxylation is 1. The summed E-state index contributed by atoms with van der Waals surface area (Å²) in [4.78, 5) is 21.5. The number of nitriles is 1. The third-order valence-corrected chi connectivity index (χ3v) is 4.14. The van der Waals surface area contributed by atoms with E-state index in [0.717, 1.165) is 11.1 Å². The molecule has 1 N–H and O–H groups in total. The van der Waals surface area contributed by atoms with Gasteiger partial charge < -0.3 is 9.52 Å². The van der Waals surface area contributed by atoms with Crippen molar-refractivity contribution < 1.29 is 19.2 Å². The van der Waals surface area contributed by atoms with Gasteiger partial charge in [0, 0.05) is 17.7 Å². The summed E-state index contributed by atoms with van der Waals surface area (Å²) in [7, 11) is 0. The van der Waals surface area contributed by atoms with Crippen LogP contribution in [0, 0.1) is 28.4 Å². The predicted octanol–water partition coefficient (Wildman–Crippen LogP) is 4.93. The molecule has 3 aromatic rings. The van der Waals surface area contributed by atoms with Gasteiger partial charge in [-0.15, -0.1) is 0 Å². The van der Waals surface area contributed by atoms with Crippen LogP contribution in [0.2, 0.25) is 0 Å². The first-order valence-electron chi connectivity index (χ1n) is 8.20. The van der Waals surface area contributed by atoms with Crippen LogP contribution in [0.3, 0.4) is 0 Å². The highest BCUT2D eigenvalue weighted by Crippen LogP contribution is 2.29. The van der Waals surface area contributed by atoms with Gasteiger partial charge in [0.05, 0.1) is 22.1 Å². The Morgan fingerprint density at radius 3 is 2.61 bits per heavy atom. The van der Waals surface area contributed by atoms with Gasteiger partial charge in [0.25, 0.3) is 5.69 Å². The van der Waals surface area contributed by atoms with Crippen LogP contribution >= 0.6 is 0 Å². The summed E-state index contributed by atoms with van der Waals surface area (Å²) in [5.74, 6) is -0.0786. The van der Waals surface area contributed by atoms with Gasteiger partial charge in [0.2, 0.25) is 0 Å². The number of furan rings is 1. The van der Waals surface area contributed by atoms with Crippen molar-refractivity contribution in [1.82, 2.24) is 0 Å². The summed E-state index contributed by atoms with van der Waals surface area (Å²) in [6.07, 6.45) is 1.50. The predicted molar refractivity (Wildman–Crippen MR) is 102 cm³/mol. The Hall–Kier alpha value is -4.18. The molecule has 0 spiro atoms. The van der Waals surface area contributed by atoms with Crippen molar-refractivity contribution in [3.8, 4) is 17.4 Å². The summed E-state index contributed by atoms with van der Waals surface area (Å²) < 4.78 is 5.77. The Labute approximate surface area is 159 Å². The molecule has 2 aromatic carbocycles. The maximum Gasteiger partial charge on any atom is 0.335 e. The molecule has 138 valence electrons. The van der Waals surface area contributed by atoms with E-state index in [0.29, 0.717) is 17.1 Å². The average Bonchev–Trinajstić information content (AvgIpc) is 3.14. The normalized spacial score (nSPS) is 11.1. The molecule has 3 rings (SSSR count). The van der Waals surface area contributed by atoms with E-state index in [1.807, 2.05) is 6.07 Å². The number of carbonyl (C=O) groups is 1. The van der Waals surface area contributed by atoms with Gasteiger partial charge in [-0.25, -0.2) is 4.79 Å². The van der Waals surface area contributed by atoms with Crippen LogP contribution in [-0.2, 0) is 0 Å². The Kier molecular flexibility index (Phi) is 5.05. The third kappa shape index (κ3) is 3.81. The van der Waals surface area contributed by atoms with Crippen molar-refractivity contribution in [2.75, 3.05) is 0 Å². The number of carboxylic acid groups (broad SMARTS) is 1. The standard InChI is InChI=1S/C21H14N2O5/c1-13-9-15(21(24)25)5-7-19(13)20-8-6-18(28-20)11-16(12-22)14-3-2-4-17(10-14)23(26)27/h2-11H,1H3,(H,24,25)/b16-11-. The number of non-ortho nitro benzene ring substituents is 1. The fourth-order valence-electron chi connectivity index (χ4n) is 2.76. The number of aromatic carboxylic acids is 1. The number of nitrogens with zero attached hydrogens (tertiary/aromatic N) is 2. The van der Waals surface area contributed by atoms with E-state index in [1.54, 1.807) is 37.3 Å². The summed E-state index contributed by atoms with van der Waals surface area (Å²) in [5, 5.41) is 29.4. The van der Waals surface area contributed by atoms with Crippen LogP contribution in [0.25, 0.3) is 23.0 Å². The summed E-state index contributed by atoms with van der Waals surface area (Å²) in [6.45, 7) is 1.78.